The molecule has 36 heavy (non-hydrogen) atoms. The number of aliphatic hydroxyl groups excluding tert-OH is 1. The van der Waals surface area contributed by atoms with Crippen molar-refractivity contribution in [1.29, 1.82) is 0 Å². The van der Waals surface area contributed by atoms with E-state index in [2.05, 4.69) is 9.71 Å². The second-order valence-electron chi connectivity index (χ2n) is 11.7. The molecule has 0 unspecified atom stereocenters. The van der Waals surface area contributed by atoms with E-state index in [0.717, 1.165) is 68.9 Å². The lowest BCUT2D eigenvalue weighted by atomic mass is 9.66. The first-order chi connectivity index (χ1) is 17.2. The number of benzene rings is 1. The Morgan fingerprint density at radius 3 is 2.44 bits per heavy atom. The normalized spacial score (nSPS) is 23.1. The van der Waals surface area contributed by atoms with E-state index < -0.39 is 16.1 Å². The van der Waals surface area contributed by atoms with Gasteiger partial charge in [0.1, 0.15) is 5.69 Å². The SMILES string of the molecule is CS(=O)(=O)Nc1ccc2c(c1)C1(CCC3(CC3)CC1)CN2C(=O)c1cccc([C@H](O)C2CCCC2)n1. The van der Waals surface area contributed by atoms with Gasteiger partial charge in [-0.05, 0) is 98.6 Å². The van der Waals surface area contributed by atoms with Gasteiger partial charge in [-0.3, -0.25) is 9.52 Å². The summed E-state index contributed by atoms with van der Waals surface area (Å²) in [5.41, 5.74) is 3.68. The summed E-state index contributed by atoms with van der Waals surface area (Å²) in [4.78, 5) is 20.3. The number of fused-ring (bicyclic) bond motifs is 2. The number of pyridine rings is 1. The summed E-state index contributed by atoms with van der Waals surface area (Å²) in [5, 5.41) is 10.9. The predicted octanol–water partition coefficient (Wildman–Crippen LogP) is 4.93. The van der Waals surface area contributed by atoms with E-state index in [-0.39, 0.29) is 17.2 Å². The molecule has 1 aromatic carbocycles. The fraction of sp³-hybridized carbons (Fsp3) is 0.571. The van der Waals surface area contributed by atoms with Crippen molar-refractivity contribution < 1.29 is 18.3 Å². The van der Waals surface area contributed by atoms with Gasteiger partial charge in [0.05, 0.1) is 18.1 Å². The van der Waals surface area contributed by atoms with Crippen molar-refractivity contribution in [2.75, 3.05) is 22.4 Å². The van der Waals surface area contributed by atoms with Crippen molar-refractivity contribution in [3.8, 4) is 0 Å². The lowest BCUT2D eigenvalue weighted by Gasteiger charge is -2.38. The Balaban J connectivity index is 1.33. The molecule has 0 saturated heterocycles. The highest BCUT2D eigenvalue weighted by molar-refractivity contribution is 7.92. The number of hydrogen-bond acceptors (Lipinski definition) is 5. The molecule has 2 spiro atoms. The minimum Gasteiger partial charge on any atom is -0.387 e. The van der Waals surface area contributed by atoms with Gasteiger partial charge in [0.15, 0.2) is 0 Å². The van der Waals surface area contributed by atoms with Gasteiger partial charge in [0.25, 0.3) is 5.91 Å². The molecule has 4 aliphatic rings. The highest BCUT2D eigenvalue weighted by Crippen LogP contribution is 2.62. The number of aromatic nitrogens is 1. The number of rotatable bonds is 5. The molecule has 1 aromatic heterocycles. The molecule has 3 fully saturated rings. The molecule has 6 rings (SSSR count). The first kappa shape index (κ1) is 23.9. The first-order valence-electron chi connectivity index (χ1n) is 13.3. The Hall–Kier alpha value is -2.45. The maximum Gasteiger partial charge on any atom is 0.276 e. The highest BCUT2D eigenvalue weighted by Gasteiger charge is 2.53. The molecule has 1 aliphatic heterocycles. The van der Waals surface area contributed by atoms with Crippen LogP contribution in [-0.4, -0.2) is 37.2 Å². The maximum absolute atomic E-state index is 13.9. The van der Waals surface area contributed by atoms with Gasteiger partial charge < -0.3 is 10.0 Å². The first-order valence-corrected chi connectivity index (χ1v) is 15.2. The molecular formula is C28H35N3O4S. The van der Waals surface area contributed by atoms with Gasteiger partial charge >= 0.3 is 0 Å². The Bertz CT molecular complexity index is 1290. The topological polar surface area (TPSA) is 99.6 Å². The quantitative estimate of drug-likeness (QED) is 0.595. The van der Waals surface area contributed by atoms with Gasteiger partial charge in [0, 0.05) is 23.3 Å². The zero-order chi connectivity index (χ0) is 25.1. The third kappa shape index (κ3) is 4.32. The third-order valence-corrected chi connectivity index (χ3v) is 9.84. The number of nitrogens with zero attached hydrogens (tertiary/aromatic N) is 2. The van der Waals surface area contributed by atoms with Crippen LogP contribution >= 0.6 is 0 Å². The van der Waals surface area contributed by atoms with Crippen molar-refractivity contribution in [1.82, 2.24) is 4.98 Å². The molecule has 0 radical (unpaired) electrons. The Labute approximate surface area is 213 Å². The number of carbonyl (C=O) groups is 1. The standard InChI is InChI=1S/C28H35N3O4S/c1-36(34,35)30-20-9-10-24-21(17-20)28(15-13-27(11-12-27)14-16-28)18-31(24)26(33)23-8-4-7-22(29-23)25(32)19-5-2-3-6-19/h4,7-10,17,19,25,30,32H,2-3,5-6,11-16,18H2,1H3/t25-/m1/s1. The van der Waals surface area contributed by atoms with E-state index in [1.165, 1.54) is 12.8 Å². The van der Waals surface area contributed by atoms with Crippen molar-refractivity contribution in [3.63, 3.8) is 0 Å². The summed E-state index contributed by atoms with van der Waals surface area (Å²) in [5.74, 6) is 0.0421. The van der Waals surface area contributed by atoms with Crippen molar-refractivity contribution in [3.05, 3.63) is 53.3 Å². The Kier molecular flexibility index (Phi) is 5.68. The van der Waals surface area contributed by atoms with Crippen molar-refractivity contribution >= 4 is 27.3 Å². The van der Waals surface area contributed by atoms with Gasteiger partial charge in [-0.15, -0.1) is 0 Å². The van der Waals surface area contributed by atoms with Crippen molar-refractivity contribution in [2.24, 2.45) is 11.3 Å². The van der Waals surface area contributed by atoms with Gasteiger partial charge in [-0.25, -0.2) is 13.4 Å². The summed E-state index contributed by atoms with van der Waals surface area (Å²) in [6, 6.07) is 10.9. The lowest BCUT2D eigenvalue weighted by Crippen LogP contribution is -2.40. The van der Waals surface area contributed by atoms with Crippen LogP contribution in [0.1, 0.15) is 92.1 Å². The molecule has 3 saturated carbocycles. The minimum absolute atomic E-state index is 0.163. The highest BCUT2D eigenvalue weighted by atomic mass is 32.2. The van der Waals surface area contributed by atoms with Crippen LogP contribution in [0.25, 0.3) is 0 Å². The molecule has 0 bridgehead atoms. The average Bonchev–Trinajstić information content (AvgIpc) is 3.27. The molecule has 3 aliphatic carbocycles. The van der Waals surface area contributed by atoms with E-state index in [4.69, 9.17) is 0 Å². The zero-order valence-electron chi connectivity index (χ0n) is 20.9. The third-order valence-electron chi connectivity index (χ3n) is 9.23. The zero-order valence-corrected chi connectivity index (χ0v) is 21.7. The monoisotopic (exact) mass is 509 g/mol. The molecule has 2 N–H and O–H groups in total. The van der Waals surface area contributed by atoms with Gasteiger partial charge in [0.2, 0.25) is 10.0 Å². The van der Waals surface area contributed by atoms with Crippen LogP contribution in [0, 0.1) is 11.3 Å². The van der Waals surface area contributed by atoms with Crippen LogP contribution in [-0.2, 0) is 15.4 Å². The number of amides is 1. The molecule has 192 valence electrons. The van der Waals surface area contributed by atoms with Gasteiger partial charge in [-0.2, -0.15) is 0 Å². The maximum atomic E-state index is 13.9. The van der Waals surface area contributed by atoms with E-state index in [9.17, 15) is 18.3 Å². The van der Waals surface area contributed by atoms with Crippen LogP contribution < -0.4 is 9.62 Å². The van der Waals surface area contributed by atoms with E-state index in [0.29, 0.717) is 29.0 Å². The predicted molar refractivity (Wildman–Crippen MR) is 140 cm³/mol. The molecule has 2 aromatic rings. The summed E-state index contributed by atoms with van der Waals surface area (Å²) in [7, 11) is -3.40. The summed E-state index contributed by atoms with van der Waals surface area (Å²) < 4.78 is 26.4. The number of sulfonamides is 1. The smallest absolute Gasteiger partial charge is 0.276 e. The Morgan fingerprint density at radius 1 is 1.08 bits per heavy atom. The van der Waals surface area contributed by atoms with E-state index >= 15 is 0 Å². The van der Waals surface area contributed by atoms with Crippen LogP contribution in [0.2, 0.25) is 0 Å². The molecular weight excluding hydrogens is 474 g/mol. The molecule has 8 heteroatoms. The molecule has 7 nitrogen and oxygen atoms in total. The fourth-order valence-electron chi connectivity index (χ4n) is 6.88. The summed E-state index contributed by atoms with van der Waals surface area (Å²) >= 11 is 0. The Morgan fingerprint density at radius 2 is 1.78 bits per heavy atom. The minimum atomic E-state index is -3.40. The van der Waals surface area contributed by atoms with E-state index in [1.54, 1.807) is 12.1 Å². The molecule has 1 atom stereocenters. The number of nitrogens with one attached hydrogen (secondary N) is 1. The lowest BCUT2D eigenvalue weighted by molar-refractivity contribution is 0.0966. The van der Waals surface area contributed by atoms with Crippen molar-refractivity contribution in [2.45, 2.75) is 75.7 Å². The molecule has 1 amide bonds. The van der Waals surface area contributed by atoms with Crippen LogP contribution in [0.3, 0.4) is 0 Å². The summed E-state index contributed by atoms with van der Waals surface area (Å²) in [6.07, 6.45) is 11.7. The average molecular weight is 510 g/mol. The number of carbonyl (C=O) groups excluding carboxylic acids is 1. The summed E-state index contributed by atoms with van der Waals surface area (Å²) in [6.45, 7) is 0.580. The van der Waals surface area contributed by atoms with Crippen LogP contribution in [0.4, 0.5) is 11.4 Å². The number of hydrogen-bond donors (Lipinski definition) is 2. The number of anilines is 2. The molecule has 2 heterocycles. The second kappa shape index (κ2) is 8.55. The fourth-order valence-corrected chi connectivity index (χ4v) is 7.43. The van der Waals surface area contributed by atoms with Crippen LogP contribution in [0.15, 0.2) is 36.4 Å². The largest absolute Gasteiger partial charge is 0.387 e. The van der Waals surface area contributed by atoms with E-state index in [1.807, 2.05) is 29.2 Å². The number of aliphatic hydroxyl groups is 1. The second-order valence-corrected chi connectivity index (χ2v) is 13.5. The van der Waals surface area contributed by atoms with Gasteiger partial charge in [-0.1, -0.05) is 18.9 Å². The van der Waals surface area contributed by atoms with Crippen LogP contribution in [0.5, 0.6) is 0 Å².